The summed E-state index contributed by atoms with van der Waals surface area (Å²) in [7, 11) is 0. The fourth-order valence-electron chi connectivity index (χ4n) is 1.64. The van der Waals surface area contributed by atoms with Gasteiger partial charge < -0.3 is 15.3 Å². The van der Waals surface area contributed by atoms with Crippen molar-refractivity contribution in [1.82, 2.24) is 10.2 Å². The molecular weight excluding hydrogens is 244 g/mol. The van der Waals surface area contributed by atoms with E-state index >= 15 is 0 Å². The van der Waals surface area contributed by atoms with Gasteiger partial charge in [-0.25, -0.2) is 4.79 Å². The molecule has 2 amide bonds. The summed E-state index contributed by atoms with van der Waals surface area (Å²) in [5.41, 5.74) is 0. The van der Waals surface area contributed by atoms with E-state index in [0.717, 1.165) is 38.8 Å². The Kier molecular flexibility index (Phi) is 9.94. The molecular formula is C14H28N2O3. The molecule has 0 rings (SSSR count). The van der Waals surface area contributed by atoms with Crippen molar-refractivity contribution in [2.24, 2.45) is 5.92 Å². The minimum absolute atomic E-state index is 0.0699. The van der Waals surface area contributed by atoms with Crippen LogP contribution in [-0.2, 0) is 4.79 Å². The lowest BCUT2D eigenvalue weighted by Gasteiger charge is -2.23. The summed E-state index contributed by atoms with van der Waals surface area (Å²) in [6.45, 7) is 7.82. The predicted molar refractivity (Wildman–Crippen MR) is 76.2 cm³/mol. The SMILES string of the molecule is CCCCN(CCCC)C(=O)NCCC(C)C(=O)O. The molecule has 0 aromatic heterocycles. The molecule has 0 aromatic rings. The quantitative estimate of drug-likeness (QED) is 0.642. The predicted octanol–water partition coefficient (Wildman–Crippen LogP) is 2.71. The Morgan fingerprint density at radius 3 is 2.11 bits per heavy atom. The molecule has 0 bridgehead atoms. The number of hydrogen-bond acceptors (Lipinski definition) is 2. The summed E-state index contributed by atoms with van der Waals surface area (Å²) in [5.74, 6) is -1.23. The van der Waals surface area contributed by atoms with Gasteiger partial charge in [-0.05, 0) is 19.3 Å². The van der Waals surface area contributed by atoms with Gasteiger partial charge in [0.25, 0.3) is 0 Å². The van der Waals surface area contributed by atoms with Gasteiger partial charge in [0.2, 0.25) is 0 Å². The van der Waals surface area contributed by atoms with E-state index in [-0.39, 0.29) is 6.03 Å². The van der Waals surface area contributed by atoms with Crippen molar-refractivity contribution in [2.75, 3.05) is 19.6 Å². The Bertz CT molecular complexity index is 261. The van der Waals surface area contributed by atoms with Crippen molar-refractivity contribution < 1.29 is 14.7 Å². The molecule has 0 fully saturated rings. The van der Waals surface area contributed by atoms with E-state index < -0.39 is 11.9 Å². The van der Waals surface area contributed by atoms with Gasteiger partial charge in [0.05, 0.1) is 5.92 Å². The van der Waals surface area contributed by atoms with Crippen LogP contribution < -0.4 is 5.32 Å². The lowest BCUT2D eigenvalue weighted by Crippen LogP contribution is -2.41. The van der Waals surface area contributed by atoms with Crippen molar-refractivity contribution in [2.45, 2.75) is 52.9 Å². The number of carboxylic acid groups (broad SMARTS) is 1. The number of carbonyl (C=O) groups excluding carboxylic acids is 1. The van der Waals surface area contributed by atoms with Crippen LogP contribution in [0, 0.1) is 5.92 Å². The average Bonchev–Trinajstić information content (AvgIpc) is 2.38. The molecule has 5 nitrogen and oxygen atoms in total. The molecule has 0 saturated heterocycles. The van der Waals surface area contributed by atoms with Crippen LogP contribution in [0.15, 0.2) is 0 Å². The van der Waals surface area contributed by atoms with E-state index in [0.29, 0.717) is 13.0 Å². The number of carboxylic acids is 1. The van der Waals surface area contributed by atoms with Crippen molar-refractivity contribution >= 4 is 12.0 Å². The first kappa shape index (κ1) is 17.7. The number of amides is 2. The smallest absolute Gasteiger partial charge is 0.317 e. The fourth-order valence-corrected chi connectivity index (χ4v) is 1.64. The standard InChI is InChI=1S/C14H28N2O3/c1-4-6-10-16(11-7-5-2)14(19)15-9-8-12(3)13(17)18/h12H,4-11H2,1-3H3,(H,15,19)(H,17,18). The number of nitrogens with zero attached hydrogens (tertiary/aromatic N) is 1. The van der Waals surface area contributed by atoms with Gasteiger partial charge in [-0.2, -0.15) is 0 Å². The van der Waals surface area contributed by atoms with Crippen molar-refractivity contribution in [3.8, 4) is 0 Å². The van der Waals surface area contributed by atoms with E-state index in [4.69, 9.17) is 5.11 Å². The highest BCUT2D eigenvalue weighted by Gasteiger charge is 2.14. The molecule has 5 heteroatoms. The topological polar surface area (TPSA) is 69.6 Å². The summed E-state index contributed by atoms with van der Waals surface area (Å²) in [6.07, 6.45) is 4.60. The number of unbranched alkanes of at least 4 members (excludes halogenated alkanes) is 2. The lowest BCUT2D eigenvalue weighted by molar-refractivity contribution is -0.141. The Morgan fingerprint density at radius 2 is 1.68 bits per heavy atom. The summed E-state index contributed by atoms with van der Waals surface area (Å²) < 4.78 is 0. The third-order valence-corrected chi connectivity index (χ3v) is 3.13. The zero-order chi connectivity index (χ0) is 14.7. The first-order valence-electron chi connectivity index (χ1n) is 7.28. The van der Waals surface area contributed by atoms with E-state index in [1.165, 1.54) is 0 Å². The van der Waals surface area contributed by atoms with Crippen LogP contribution in [0.5, 0.6) is 0 Å². The van der Waals surface area contributed by atoms with Gasteiger partial charge in [0.15, 0.2) is 0 Å². The largest absolute Gasteiger partial charge is 0.481 e. The maximum atomic E-state index is 12.0. The van der Waals surface area contributed by atoms with Crippen LogP contribution >= 0.6 is 0 Å². The van der Waals surface area contributed by atoms with Gasteiger partial charge in [0.1, 0.15) is 0 Å². The number of hydrogen-bond donors (Lipinski definition) is 2. The van der Waals surface area contributed by atoms with E-state index in [1.807, 2.05) is 4.90 Å². The van der Waals surface area contributed by atoms with Gasteiger partial charge in [-0.15, -0.1) is 0 Å². The molecule has 1 atom stereocenters. The van der Waals surface area contributed by atoms with Crippen molar-refractivity contribution in [1.29, 1.82) is 0 Å². The molecule has 112 valence electrons. The summed E-state index contributed by atoms with van der Waals surface area (Å²) in [4.78, 5) is 24.5. The van der Waals surface area contributed by atoms with Gasteiger partial charge in [0, 0.05) is 19.6 Å². The number of aliphatic carboxylic acids is 1. The first-order chi connectivity index (χ1) is 9.02. The zero-order valence-corrected chi connectivity index (χ0v) is 12.4. The van der Waals surface area contributed by atoms with E-state index in [1.54, 1.807) is 6.92 Å². The average molecular weight is 272 g/mol. The van der Waals surface area contributed by atoms with Crippen LogP contribution in [-0.4, -0.2) is 41.6 Å². The molecule has 0 radical (unpaired) electrons. The Morgan fingerprint density at radius 1 is 1.16 bits per heavy atom. The van der Waals surface area contributed by atoms with Crippen LogP contribution in [0.3, 0.4) is 0 Å². The second-order valence-electron chi connectivity index (χ2n) is 4.95. The van der Waals surface area contributed by atoms with Crippen molar-refractivity contribution in [3.63, 3.8) is 0 Å². The summed E-state index contributed by atoms with van der Waals surface area (Å²) >= 11 is 0. The number of carbonyl (C=O) groups is 2. The molecule has 0 aliphatic rings. The third-order valence-electron chi connectivity index (χ3n) is 3.13. The van der Waals surface area contributed by atoms with E-state index in [2.05, 4.69) is 19.2 Å². The Balaban J connectivity index is 4.04. The second-order valence-corrected chi connectivity index (χ2v) is 4.95. The molecule has 0 aliphatic carbocycles. The van der Waals surface area contributed by atoms with Crippen LogP contribution in [0.4, 0.5) is 4.79 Å². The monoisotopic (exact) mass is 272 g/mol. The lowest BCUT2D eigenvalue weighted by atomic mass is 10.1. The van der Waals surface area contributed by atoms with Crippen molar-refractivity contribution in [3.05, 3.63) is 0 Å². The minimum atomic E-state index is -0.817. The highest BCUT2D eigenvalue weighted by atomic mass is 16.4. The molecule has 0 aliphatic heterocycles. The molecule has 0 saturated carbocycles. The second kappa shape index (κ2) is 10.6. The number of rotatable bonds is 10. The molecule has 0 spiro atoms. The van der Waals surface area contributed by atoms with Gasteiger partial charge in [-0.3, -0.25) is 4.79 Å². The maximum absolute atomic E-state index is 12.0. The Labute approximate surface area is 116 Å². The summed E-state index contributed by atoms with van der Waals surface area (Å²) in [6, 6.07) is -0.0699. The van der Waals surface area contributed by atoms with Crippen LogP contribution in [0.25, 0.3) is 0 Å². The van der Waals surface area contributed by atoms with Gasteiger partial charge in [-0.1, -0.05) is 33.6 Å². The molecule has 2 N–H and O–H groups in total. The highest BCUT2D eigenvalue weighted by molar-refractivity contribution is 5.74. The molecule has 19 heavy (non-hydrogen) atoms. The van der Waals surface area contributed by atoms with E-state index in [9.17, 15) is 9.59 Å². The number of urea groups is 1. The summed E-state index contributed by atoms with van der Waals surface area (Å²) in [5, 5.41) is 11.6. The van der Waals surface area contributed by atoms with Gasteiger partial charge >= 0.3 is 12.0 Å². The molecule has 1 unspecified atom stereocenters. The zero-order valence-electron chi connectivity index (χ0n) is 12.4. The normalized spacial score (nSPS) is 11.9. The fraction of sp³-hybridized carbons (Fsp3) is 0.857. The first-order valence-corrected chi connectivity index (χ1v) is 7.28. The van der Waals surface area contributed by atoms with Crippen LogP contribution in [0.2, 0.25) is 0 Å². The third kappa shape index (κ3) is 8.46. The van der Waals surface area contributed by atoms with Crippen LogP contribution in [0.1, 0.15) is 52.9 Å². The Hall–Kier alpha value is -1.26. The molecule has 0 heterocycles. The minimum Gasteiger partial charge on any atom is -0.481 e. The highest BCUT2D eigenvalue weighted by Crippen LogP contribution is 2.02. The maximum Gasteiger partial charge on any atom is 0.317 e. The number of nitrogens with one attached hydrogen (secondary N) is 1. The molecule has 0 aromatic carbocycles.